The van der Waals surface area contributed by atoms with Gasteiger partial charge in [0.2, 0.25) is 0 Å². The Hall–Kier alpha value is -4.43. The van der Waals surface area contributed by atoms with Gasteiger partial charge in [-0.1, -0.05) is 23.7 Å². The molecule has 3 aromatic carbocycles. The smallest absolute Gasteiger partial charge is 0.416 e. The van der Waals surface area contributed by atoms with E-state index in [-0.39, 0.29) is 29.9 Å². The van der Waals surface area contributed by atoms with E-state index < -0.39 is 46.8 Å². The first-order valence-electron chi connectivity index (χ1n) is 10.9. The van der Waals surface area contributed by atoms with Gasteiger partial charge in [0.1, 0.15) is 30.9 Å². The predicted molar refractivity (Wildman–Crippen MR) is 130 cm³/mol. The van der Waals surface area contributed by atoms with E-state index >= 15 is 0 Å². The van der Waals surface area contributed by atoms with Crippen LogP contribution in [0.2, 0.25) is 5.02 Å². The monoisotopic (exact) mass is 545 g/mol. The molecule has 194 valence electrons. The summed E-state index contributed by atoms with van der Waals surface area (Å²) in [5, 5.41) is 18.6. The Bertz CT molecular complexity index is 1660. The van der Waals surface area contributed by atoms with Crippen molar-refractivity contribution in [1.29, 1.82) is 5.26 Å². The van der Waals surface area contributed by atoms with Gasteiger partial charge >= 0.3 is 12.1 Å². The van der Waals surface area contributed by atoms with Crippen LogP contribution in [0, 0.1) is 11.3 Å². The van der Waals surface area contributed by atoms with Gasteiger partial charge in [-0.15, -0.1) is 0 Å². The molecule has 0 aliphatic carbocycles. The van der Waals surface area contributed by atoms with E-state index in [0.717, 1.165) is 4.57 Å². The Morgan fingerprint density at radius 3 is 2.58 bits per heavy atom. The third-order valence-electron chi connectivity index (χ3n) is 5.64. The van der Waals surface area contributed by atoms with E-state index in [9.17, 15) is 37.5 Å². The van der Waals surface area contributed by atoms with E-state index in [1.807, 2.05) is 0 Å². The second-order valence-corrected chi connectivity index (χ2v) is 8.46. The van der Waals surface area contributed by atoms with Gasteiger partial charge in [-0.3, -0.25) is 9.36 Å². The first kappa shape index (κ1) is 26.6. The molecule has 0 spiro atoms. The molecule has 1 heterocycles. The minimum absolute atomic E-state index is 0.0387. The highest BCUT2D eigenvalue weighted by Gasteiger charge is 2.32. The molecule has 0 amide bonds. The number of aromatic nitrogens is 2. The van der Waals surface area contributed by atoms with Crippen LogP contribution < -0.4 is 10.3 Å². The van der Waals surface area contributed by atoms with Gasteiger partial charge in [0.25, 0.3) is 5.56 Å². The molecule has 0 radical (unpaired) electrons. The maximum absolute atomic E-state index is 13.8. The number of alkyl halides is 4. The zero-order valence-corrected chi connectivity index (χ0v) is 20.0. The highest BCUT2D eigenvalue weighted by Crippen LogP contribution is 2.34. The minimum atomic E-state index is -4.79. The van der Waals surface area contributed by atoms with Gasteiger partial charge in [0, 0.05) is 10.6 Å². The van der Waals surface area contributed by atoms with Gasteiger partial charge in [-0.2, -0.15) is 18.4 Å². The van der Waals surface area contributed by atoms with Gasteiger partial charge in [-0.25, -0.2) is 14.2 Å². The number of carbonyl (C=O) groups is 1. The molecule has 0 aliphatic heterocycles. The molecule has 7 nitrogen and oxygen atoms in total. The minimum Gasteiger partial charge on any atom is -0.491 e. The fourth-order valence-electron chi connectivity index (χ4n) is 3.90. The summed E-state index contributed by atoms with van der Waals surface area (Å²) < 4.78 is 60.1. The molecule has 1 aromatic heterocycles. The molecule has 4 aromatic rings. The Kier molecular flexibility index (Phi) is 7.37. The lowest BCUT2D eigenvalue weighted by Gasteiger charge is -2.16. The number of halogens is 5. The van der Waals surface area contributed by atoms with Crippen LogP contribution in [0.3, 0.4) is 0 Å². The summed E-state index contributed by atoms with van der Waals surface area (Å²) in [5.41, 5.74) is -2.05. The Balaban J connectivity index is 1.69. The molecule has 0 atom stereocenters. The summed E-state index contributed by atoms with van der Waals surface area (Å²) in [7, 11) is 0. The number of hydrogen-bond acceptors (Lipinski definition) is 5. The van der Waals surface area contributed by atoms with Crippen LogP contribution in [0.25, 0.3) is 22.0 Å². The van der Waals surface area contributed by atoms with Crippen molar-refractivity contribution in [3.05, 3.63) is 92.5 Å². The average molecular weight is 546 g/mol. The van der Waals surface area contributed by atoms with Crippen molar-refractivity contribution in [2.75, 3.05) is 6.61 Å². The number of rotatable bonds is 7. The molecular weight excluding hydrogens is 530 g/mol. The van der Waals surface area contributed by atoms with Crippen molar-refractivity contribution in [2.24, 2.45) is 0 Å². The van der Waals surface area contributed by atoms with Gasteiger partial charge in [0.05, 0.1) is 34.1 Å². The Morgan fingerprint density at radius 2 is 1.92 bits per heavy atom. The number of carboxylic acid groups (broad SMARTS) is 1. The zero-order chi connectivity index (χ0) is 27.6. The molecule has 38 heavy (non-hydrogen) atoms. The van der Waals surface area contributed by atoms with Crippen LogP contribution in [0.5, 0.6) is 5.75 Å². The largest absolute Gasteiger partial charge is 0.491 e. The van der Waals surface area contributed by atoms with E-state index in [0.29, 0.717) is 28.3 Å². The standard InChI is InChI=1S/C26H16ClF4N3O4/c27-18-4-5-21(19(11-18)14-2-1-3-15(8-14)25(36)37)38-7-6-34-22(12-28)33-20-10-17(26(29,30)31)9-16(13-32)23(20)24(34)35/h1-5,8-11H,6-7,12H2,(H,36,37). The van der Waals surface area contributed by atoms with Gasteiger partial charge in [-0.05, 0) is 48.0 Å². The lowest BCUT2D eigenvalue weighted by atomic mass is 10.0. The van der Waals surface area contributed by atoms with Crippen molar-refractivity contribution in [3.63, 3.8) is 0 Å². The fraction of sp³-hybridized carbons (Fsp3) is 0.154. The van der Waals surface area contributed by atoms with Crippen LogP contribution in [0.1, 0.15) is 27.3 Å². The van der Waals surface area contributed by atoms with Crippen LogP contribution in [0.15, 0.2) is 59.4 Å². The van der Waals surface area contributed by atoms with Crippen molar-refractivity contribution < 1.29 is 32.2 Å². The summed E-state index contributed by atoms with van der Waals surface area (Å²) in [6.45, 7) is -1.70. The molecule has 0 bridgehead atoms. The first-order valence-corrected chi connectivity index (χ1v) is 11.3. The van der Waals surface area contributed by atoms with Gasteiger partial charge in [0.15, 0.2) is 0 Å². The van der Waals surface area contributed by atoms with Crippen molar-refractivity contribution in [1.82, 2.24) is 9.55 Å². The fourth-order valence-corrected chi connectivity index (χ4v) is 4.07. The van der Waals surface area contributed by atoms with E-state index in [2.05, 4.69) is 4.98 Å². The topological polar surface area (TPSA) is 105 Å². The number of hydrogen-bond donors (Lipinski definition) is 1. The highest BCUT2D eigenvalue weighted by molar-refractivity contribution is 6.31. The molecular formula is C26H16ClF4N3O4. The first-order chi connectivity index (χ1) is 18.0. The van der Waals surface area contributed by atoms with Crippen molar-refractivity contribution >= 4 is 28.5 Å². The lowest BCUT2D eigenvalue weighted by Crippen LogP contribution is -2.28. The number of fused-ring (bicyclic) bond motifs is 1. The summed E-state index contributed by atoms with van der Waals surface area (Å²) >= 11 is 6.12. The van der Waals surface area contributed by atoms with Crippen molar-refractivity contribution in [3.8, 4) is 22.9 Å². The Labute approximate surface area is 217 Å². The van der Waals surface area contributed by atoms with E-state index in [1.165, 1.54) is 24.3 Å². The van der Waals surface area contributed by atoms with Crippen molar-refractivity contribution in [2.45, 2.75) is 19.4 Å². The predicted octanol–water partition coefficient (Wildman–Crippen LogP) is 5.85. The Morgan fingerprint density at radius 1 is 1.16 bits per heavy atom. The highest BCUT2D eigenvalue weighted by atomic mass is 35.5. The summed E-state index contributed by atoms with van der Waals surface area (Å²) in [6, 6.07) is 13.4. The van der Waals surface area contributed by atoms with Crippen LogP contribution in [-0.4, -0.2) is 27.2 Å². The number of benzene rings is 3. The molecule has 0 saturated carbocycles. The third-order valence-corrected chi connectivity index (χ3v) is 5.87. The summed E-state index contributed by atoms with van der Waals surface area (Å²) in [4.78, 5) is 28.4. The molecule has 12 heteroatoms. The summed E-state index contributed by atoms with van der Waals surface area (Å²) in [6.07, 6.45) is -4.79. The molecule has 0 aliphatic rings. The van der Waals surface area contributed by atoms with Crippen LogP contribution in [-0.2, 0) is 19.4 Å². The summed E-state index contributed by atoms with van der Waals surface area (Å²) in [5.74, 6) is -1.27. The molecule has 0 fully saturated rings. The quantitative estimate of drug-likeness (QED) is 0.292. The van der Waals surface area contributed by atoms with Crippen LogP contribution in [0.4, 0.5) is 17.6 Å². The molecule has 1 N–H and O–H groups in total. The number of aromatic carboxylic acids is 1. The second kappa shape index (κ2) is 10.5. The maximum atomic E-state index is 13.8. The number of nitrogens with zero attached hydrogens (tertiary/aromatic N) is 3. The normalized spacial score (nSPS) is 11.4. The average Bonchev–Trinajstić information content (AvgIpc) is 2.89. The molecule has 0 saturated heterocycles. The van der Waals surface area contributed by atoms with E-state index in [1.54, 1.807) is 24.3 Å². The van der Waals surface area contributed by atoms with Crippen LogP contribution >= 0.6 is 11.6 Å². The molecule has 0 unspecified atom stereocenters. The lowest BCUT2D eigenvalue weighted by molar-refractivity contribution is -0.137. The SMILES string of the molecule is N#Cc1cc(C(F)(F)F)cc2nc(CF)n(CCOc3ccc(Cl)cc3-c3cccc(C(=O)O)c3)c(=O)c12. The third kappa shape index (κ3) is 5.31. The number of nitriles is 1. The second-order valence-electron chi connectivity index (χ2n) is 8.02. The number of ether oxygens (including phenoxy) is 1. The molecule has 4 rings (SSSR count). The maximum Gasteiger partial charge on any atom is 0.416 e. The van der Waals surface area contributed by atoms with E-state index in [4.69, 9.17) is 16.3 Å². The van der Waals surface area contributed by atoms with Gasteiger partial charge < -0.3 is 9.84 Å². The number of carboxylic acids is 1. The zero-order valence-electron chi connectivity index (χ0n) is 19.2.